The Bertz CT molecular complexity index is 979. The molecule has 0 unspecified atom stereocenters. The fourth-order valence-corrected chi connectivity index (χ4v) is 4.70. The van der Waals surface area contributed by atoms with Crippen molar-refractivity contribution >= 4 is 46.4 Å². The van der Waals surface area contributed by atoms with Crippen LogP contribution in [0.4, 0.5) is 15.8 Å². The largest absolute Gasteiger partial charge is 0.376 e. The molecular weight excluding hydrogens is 454 g/mol. The van der Waals surface area contributed by atoms with Crippen LogP contribution in [0.15, 0.2) is 36.4 Å². The highest BCUT2D eigenvalue weighted by molar-refractivity contribution is 6.40. The highest BCUT2D eigenvalue weighted by Gasteiger charge is 2.34. The molecule has 2 amide bonds. The number of hydrogen-bond donors (Lipinski definition) is 2. The Morgan fingerprint density at radius 3 is 2.50 bits per heavy atom. The lowest BCUT2D eigenvalue weighted by Gasteiger charge is -2.37. The molecule has 0 aliphatic carbocycles. The molecule has 0 spiro atoms. The summed E-state index contributed by atoms with van der Waals surface area (Å²) in [5.41, 5.74) is 4.27. The van der Waals surface area contributed by atoms with Gasteiger partial charge in [0.05, 0.1) is 22.3 Å². The number of hydrogen-bond acceptors (Lipinski definition) is 4. The standard InChI is InChI=1S/C23H27Cl2FN4O2/c1-14-8-15(9-16-6-4-5-7-20(16)26)13-30(23(14)32)22-18(24)10-17(11-19(22)25)27-12-21(31)28-29(2)3/h4-7,10-11,14-15,27H,8-9,12-13H2,1-3H3,(H,28,31)/t14-,15-/m1/s1. The lowest BCUT2D eigenvalue weighted by molar-refractivity contribution is -0.124. The number of amides is 2. The van der Waals surface area contributed by atoms with Crippen molar-refractivity contribution in [1.82, 2.24) is 10.4 Å². The molecule has 1 heterocycles. The topological polar surface area (TPSA) is 64.7 Å². The number of benzene rings is 2. The molecule has 0 bridgehead atoms. The summed E-state index contributed by atoms with van der Waals surface area (Å²) < 4.78 is 14.1. The molecule has 2 N–H and O–H groups in total. The number of carbonyl (C=O) groups excluding carboxylic acids is 2. The van der Waals surface area contributed by atoms with E-state index in [4.69, 9.17) is 23.2 Å². The summed E-state index contributed by atoms with van der Waals surface area (Å²) in [7, 11) is 3.44. The molecule has 9 heteroatoms. The summed E-state index contributed by atoms with van der Waals surface area (Å²) in [5.74, 6) is -0.695. The molecule has 1 aliphatic heterocycles. The van der Waals surface area contributed by atoms with Crippen LogP contribution in [0, 0.1) is 17.7 Å². The number of piperidine rings is 1. The zero-order valence-corrected chi connectivity index (χ0v) is 19.8. The fraction of sp³-hybridized carbons (Fsp3) is 0.391. The molecule has 0 radical (unpaired) electrons. The second-order valence-electron chi connectivity index (χ2n) is 8.32. The van der Waals surface area contributed by atoms with Crippen molar-refractivity contribution < 1.29 is 14.0 Å². The molecule has 0 saturated carbocycles. The van der Waals surface area contributed by atoms with Gasteiger partial charge in [-0.2, -0.15) is 0 Å². The van der Waals surface area contributed by atoms with Gasteiger partial charge in [-0.05, 0) is 42.5 Å². The van der Waals surface area contributed by atoms with E-state index < -0.39 is 0 Å². The van der Waals surface area contributed by atoms with E-state index >= 15 is 0 Å². The lowest BCUT2D eigenvalue weighted by atomic mass is 9.85. The maximum Gasteiger partial charge on any atom is 0.253 e. The van der Waals surface area contributed by atoms with E-state index in [2.05, 4.69) is 10.7 Å². The van der Waals surface area contributed by atoms with Gasteiger partial charge in [0.2, 0.25) is 5.91 Å². The second kappa shape index (κ2) is 10.5. The van der Waals surface area contributed by atoms with E-state index in [-0.39, 0.29) is 36.0 Å². The highest BCUT2D eigenvalue weighted by Crippen LogP contribution is 2.40. The molecular formula is C23H27Cl2FN4O2. The minimum atomic E-state index is -0.242. The zero-order chi connectivity index (χ0) is 23.4. The first kappa shape index (κ1) is 24.3. The van der Waals surface area contributed by atoms with Gasteiger partial charge in [-0.25, -0.2) is 9.40 Å². The van der Waals surface area contributed by atoms with Crippen molar-refractivity contribution in [2.75, 3.05) is 37.4 Å². The normalized spacial score (nSPS) is 18.7. The number of anilines is 2. The van der Waals surface area contributed by atoms with Crippen LogP contribution in [0.25, 0.3) is 0 Å². The van der Waals surface area contributed by atoms with Gasteiger partial charge in [-0.1, -0.05) is 48.3 Å². The zero-order valence-electron chi connectivity index (χ0n) is 18.3. The number of carbonyl (C=O) groups is 2. The predicted octanol–water partition coefficient (Wildman–Crippen LogP) is 4.37. The maximum atomic E-state index is 14.1. The van der Waals surface area contributed by atoms with E-state index in [0.717, 1.165) is 0 Å². The Hall–Kier alpha value is -2.35. The molecule has 32 heavy (non-hydrogen) atoms. The van der Waals surface area contributed by atoms with Crippen molar-refractivity contribution in [1.29, 1.82) is 0 Å². The van der Waals surface area contributed by atoms with Crippen LogP contribution < -0.4 is 15.6 Å². The molecule has 2 atom stereocenters. The number of nitrogens with zero attached hydrogens (tertiary/aromatic N) is 2. The van der Waals surface area contributed by atoms with Gasteiger partial charge in [0, 0.05) is 32.2 Å². The number of halogens is 3. The minimum absolute atomic E-state index is 0.0363. The molecule has 6 nitrogen and oxygen atoms in total. The Balaban J connectivity index is 1.78. The van der Waals surface area contributed by atoms with Gasteiger partial charge in [-0.15, -0.1) is 0 Å². The third-order valence-corrected chi connectivity index (χ3v) is 5.95. The van der Waals surface area contributed by atoms with Crippen molar-refractivity contribution in [3.8, 4) is 0 Å². The van der Waals surface area contributed by atoms with Gasteiger partial charge >= 0.3 is 0 Å². The molecule has 0 aromatic heterocycles. The van der Waals surface area contributed by atoms with Gasteiger partial charge in [0.1, 0.15) is 5.82 Å². The smallest absolute Gasteiger partial charge is 0.253 e. The van der Waals surface area contributed by atoms with Crippen molar-refractivity contribution in [2.24, 2.45) is 11.8 Å². The first-order valence-corrected chi connectivity index (χ1v) is 11.2. The first-order chi connectivity index (χ1) is 15.2. The number of hydrazine groups is 1. The van der Waals surface area contributed by atoms with Gasteiger partial charge in [-0.3, -0.25) is 15.0 Å². The third-order valence-electron chi connectivity index (χ3n) is 5.37. The van der Waals surface area contributed by atoms with Crippen molar-refractivity contribution in [3.63, 3.8) is 0 Å². The average Bonchev–Trinajstić information content (AvgIpc) is 2.70. The quantitative estimate of drug-likeness (QED) is 0.577. The summed E-state index contributed by atoms with van der Waals surface area (Å²) in [5, 5.41) is 5.14. The first-order valence-electron chi connectivity index (χ1n) is 10.4. The molecule has 1 saturated heterocycles. The summed E-state index contributed by atoms with van der Waals surface area (Å²) in [4.78, 5) is 26.4. The average molecular weight is 481 g/mol. The van der Waals surface area contributed by atoms with E-state index in [1.54, 1.807) is 48.3 Å². The fourth-order valence-electron chi connectivity index (χ4n) is 4.01. The van der Waals surface area contributed by atoms with Crippen molar-refractivity contribution in [2.45, 2.75) is 19.8 Å². The highest BCUT2D eigenvalue weighted by atomic mass is 35.5. The Morgan fingerprint density at radius 2 is 1.88 bits per heavy atom. The van der Waals surface area contributed by atoms with E-state index in [0.29, 0.717) is 46.4 Å². The van der Waals surface area contributed by atoms with E-state index in [1.165, 1.54) is 6.07 Å². The van der Waals surface area contributed by atoms with Gasteiger partial charge in [0.15, 0.2) is 0 Å². The van der Waals surface area contributed by atoms with Crippen LogP contribution in [0.5, 0.6) is 0 Å². The Kier molecular flexibility index (Phi) is 7.98. The maximum absolute atomic E-state index is 14.1. The van der Waals surface area contributed by atoms with Crippen LogP contribution in [0.3, 0.4) is 0 Å². The van der Waals surface area contributed by atoms with Gasteiger partial charge < -0.3 is 10.2 Å². The third kappa shape index (κ3) is 5.91. The van der Waals surface area contributed by atoms with Gasteiger partial charge in [0.25, 0.3) is 5.91 Å². The van der Waals surface area contributed by atoms with Crippen LogP contribution in [-0.4, -0.2) is 44.0 Å². The van der Waals surface area contributed by atoms with Crippen LogP contribution in [0.2, 0.25) is 10.0 Å². The second-order valence-corrected chi connectivity index (χ2v) is 9.13. The predicted molar refractivity (Wildman–Crippen MR) is 127 cm³/mol. The van der Waals surface area contributed by atoms with Crippen LogP contribution >= 0.6 is 23.2 Å². The van der Waals surface area contributed by atoms with E-state index in [9.17, 15) is 14.0 Å². The minimum Gasteiger partial charge on any atom is -0.376 e. The molecule has 1 aliphatic rings. The summed E-state index contributed by atoms with van der Waals surface area (Å²) >= 11 is 13.1. The lowest BCUT2D eigenvalue weighted by Crippen LogP contribution is -2.45. The molecule has 2 aromatic carbocycles. The van der Waals surface area contributed by atoms with Crippen molar-refractivity contribution in [3.05, 3.63) is 57.8 Å². The van der Waals surface area contributed by atoms with Crippen LogP contribution in [0.1, 0.15) is 18.9 Å². The number of rotatable bonds is 7. The molecule has 3 rings (SSSR count). The SMILES string of the molecule is C[C@@H]1C[C@H](Cc2ccccc2F)CN(c2c(Cl)cc(NCC(=O)NN(C)C)cc2Cl)C1=O. The monoisotopic (exact) mass is 480 g/mol. The van der Waals surface area contributed by atoms with Crippen LogP contribution in [-0.2, 0) is 16.0 Å². The summed E-state index contributed by atoms with van der Waals surface area (Å²) in [6.07, 6.45) is 1.19. The molecule has 172 valence electrons. The summed E-state index contributed by atoms with van der Waals surface area (Å²) in [6.45, 7) is 2.30. The molecule has 2 aromatic rings. The Labute approximate surface area is 197 Å². The van der Waals surface area contributed by atoms with E-state index in [1.807, 2.05) is 13.0 Å². The summed E-state index contributed by atoms with van der Waals surface area (Å²) in [6, 6.07) is 9.98. The Morgan fingerprint density at radius 1 is 1.22 bits per heavy atom. The number of nitrogens with one attached hydrogen (secondary N) is 2. The molecule has 1 fully saturated rings.